The molecule has 3 rings (SSSR count). The van der Waals surface area contributed by atoms with Crippen molar-refractivity contribution >= 4 is 21.4 Å². The van der Waals surface area contributed by atoms with Gasteiger partial charge in [-0.15, -0.1) is 0 Å². The largest absolute Gasteiger partial charge is 0.307 e. The third-order valence-corrected chi connectivity index (χ3v) is 5.69. The molecule has 0 bridgehead atoms. The van der Waals surface area contributed by atoms with Gasteiger partial charge in [0, 0.05) is 17.0 Å². The Kier molecular flexibility index (Phi) is 4.11. The number of halogens is 2. The molecule has 0 spiro atoms. The Bertz CT molecular complexity index is 889. The van der Waals surface area contributed by atoms with Gasteiger partial charge in [-0.25, -0.2) is 22.3 Å². The predicted octanol–water partition coefficient (Wildman–Crippen LogP) is 2.62. The van der Waals surface area contributed by atoms with Gasteiger partial charge in [0.1, 0.15) is 11.6 Å². The molecule has 2 aromatic rings. The van der Waals surface area contributed by atoms with Gasteiger partial charge in [0.2, 0.25) is 10.0 Å². The standard InChI is InChI=1S/C14H14F2N2O3S2/c15-10-5-8(6-11(16)13(10)23(17,20)21)12-7-22-14(19)18(12)9-3-1-2-4-9/h5-7,9H,1-4H2,(H2,17,20,21). The monoisotopic (exact) mass is 360 g/mol. The number of nitrogens with zero attached hydrogens (tertiary/aromatic N) is 1. The zero-order valence-corrected chi connectivity index (χ0v) is 13.6. The minimum absolute atomic E-state index is 0.00721. The number of benzene rings is 1. The van der Waals surface area contributed by atoms with Gasteiger partial charge in [0.25, 0.3) is 0 Å². The second kappa shape index (κ2) is 5.81. The number of sulfonamides is 1. The first kappa shape index (κ1) is 16.3. The highest BCUT2D eigenvalue weighted by Gasteiger charge is 2.25. The molecule has 5 nitrogen and oxygen atoms in total. The average molecular weight is 360 g/mol. The fourth-order valence-corrected chi connectivity index (χ4v) is 4.50. The van der Waals surface area contributed by atoms with Crippen molar-refractivity contribution in [3.63, 3.8) is 0 Å². The molecule has 1 saturated carbocycles. The number of rotatable bonds is 3. The molecule has 1 heterocycles. The number of thiazole rings is 1. The molecule has 0 saturated heterocycles. The summed E-state index contributed by atoms with van der Waals surface area (Å²) in [5.74, 6) is -2.53. The molecular formula is C14H14F2N2O3S2. The van der Waals surface area contributed by atoms with E-state index in [0.717, 1.165) is 49.2 Å². The van der Waals surface area contributed by atoms with Crippen LogP contribution in [0.5, 0.6) is 0 Å². The minimum atomic E-state index is -4.50. The van der Waals surface area contributed by atoms with Crippen LogP contribution >= 0.6 is 11.3 Å². The normalized spacial score (nSPS) is 16.1. The first-order valence-corrected chi connectivity index (χ1v) is 9.44. The molecule has 1 aliphatic rings. The van der Waals surface area contributed by atoms with Crippen LogP contribution in [-0.4, -0.2) is 13.0 Å². The van der Waals surface area contributed by atoms with Crippen LogP contribution in [0.3, 0.4) is 0 Å². The van der Waals surface area contributed by atoms with Crippen LogP contribution in [0.4, 0.5) is 8.78 Å². The quantitative estimate of drug-likeness (QED) is 0.913. The van der Waals surface area contributed by atoms with Crippen LogP contribution in [0.1, 0.15) is 31.7 Å². The highest BCUT2D eigenvalue weighted by molar-refractivity contribution is 7.89. The van der Waals surface area contributed by atoms with Crippen molar-refractivity contribution in [3.8, 4) is 11.3 Å². The number of aromatic nitrogens is 1. The topological polar surface area (TPSA) is 82.2 Å². The van der Waals surface area contributed by atoms with E-state index in [0.29, 0.717) is 5.69 Å². The van der Waals surface area contributed by atoms with Gasteiger partial charge in [-0.2, -0.15) is 0 Å². The van der Waals surface area contributed by atoms with Crippen molar-refractivity contribution in [1.29, 1.82) is 0 Å². The maximum absolute atomic E-state index is 14.0. The Morgan fingerprint density at radius 1 is 1.17 bits per heavy atom. The van der Waals surface area contributed by atoms with Crippen molar-refractivity contribution in [2.24, 2.45) is 5.14 Å². The maximum Gasteiger partial charge on any atom is 0.307 e. The van der Waals surface area contributed by atoms with Crippen LogP contribution in [-0.2, 0) is 10.0 Å². The summed E-state index contributed by atoms with van der Waals surface area (Å²) in [5, 5.41) is 6.35. The molecule has 0 radical (unpaired) electrons. The van der Waals surface area contributed by atoms with Crippen molar-refractivity contribution in [2.45, 2.75) is 36.6 Å². The minimum Gasteiger partial charge on any atom is -0.296 e. The zero-order chi connectivity index (χ0) is 16.8. The van der Waals surface area contributed by atoms with E-state index < -0.39 is 26.6 Å². The summed E-state index contributed by atoms with van der Waals surface area (Å²) in [7, 11) is -4.50. The van der Waals surface area contributed by atoms with E-state index in [1.54, 1.807) is 4.57 Å². The summed E-state index contributed by atoms with van der Waals surface area (Å²) in [6.07, 6.45) is 3.67. The molecule has 124 valence electrons. The molecule has 0 atom stereocenters. The lowest BCUT2D eigenvalue weighted by atomic mass is 10.1. The van der Waals surface area contributed by atoms with Crippen LogP contribution in [0.15, 0.2) is 27.2 Å². The first-order chi connectivity index (χ1) is 10.8. The number of hydrogen-bond donors (Lipinski definition) is 1. The number of primary sulfonamides is 1. The van der Waals surface area contributed by atoms with E-state index in [4.69, 9.17) is 5.14 Å². The molecule has 0 amide bonds. The SMILES string of the molecule is NS(=O)(=O)c1c(F)cc(-c2csc(=O)n2C2CCCC2)cc1F. The summed E-state index contributed by atoms with van der Waals surface area (Å²) in [6.45, 7) is 0. The van der Waals surface area contributed by atoms with Crippen LogP contribution in [0.2, 0.25) is 0 Å². The highest BCUT2D eigenvalue weighted by Crippen LogP contribution is 2.34. The predicted molar refractivity (Wildman–Crippen MR) is 82.8 cm³/mol. The van der Waals surface area contributed by atoms with E-state index in [1.807, 2.05) is 0 Å². The summed E-state index contributed by atoms with van der Waals surface area (Å²) < 4.78 is 52.1. The van der Waals surface area contributed by atoms with Crippen molar-refractivity contribution in [2.75, 3.05) is 0 Å². The molecule has 0 unspecified atom stereocenters. The van der Waals surface area contributed by atoms with E-state index in [9.17, 15) is 22.0 Å². The van der Waals surface area contributed by atoms with E-state index in [-0.39, 0.29) is 16.5 Å². The third kappa shape index (κ3) is 2.96. The van der Waals surface area contributed by atoms with Crippen molar-refractivity contribution in [3.05, 3.63) is 38.8 Å². The molecular weight excluding hydrogens is 346 g/mol. The molecule has 0 aliphatic heterocycles. The van der Waals surface area contributed by atoms with E-state index >= 15 is 0 Å². The first-order valence-electron chi connectivity index (χ1n) is 7.01. The van der Waals surface area contributed by atoms with Crippen LogP contribution in [0, 0.1) is 11.6 Å². The lowest BCUT2D eigenvalue weighted by Crippen LogP contribution is -2.19. The van der Waals surface area contributed by atoms with Gasteiger partial charge in [-0.3, -0.25) is 9.36 Å². The zero-order valence-electron chi connectivity index (χ0n) is 12.0. The molecule has 23 heavy (non-hydrogen) atoms. The van der Waals surface area contributed by atoms with Crippen LogP contribution in [0.25, 0.3) is 11.3 Å². The van der Waals surface area contributed by atoms with Crippen molar-refractivity contribution < 1.29 is 17.2 Å². The molecule has 1 aromatic heterocycles. The average Bonchev–Trinajstić information content (AvgIpc) is 3.04. The fourth-order valence-electron chi connectivity index (χ4n) is 3.01. The van der Waals surface area contributed by atoms with Gasteiger partial charge >= 0.3 is 4.87 Å². The molecule has 2 N–H and O–H groups in total. The Morgan fingerprint density at radius 2 is 1.74 bits per heavy atom. The smallest absolute Gasteiger partial charge is 0.296 e. The van der Waals surface area contributed by atoms with Gasteiger partial charge < -0.3 is 0 Å². The van der Waals surface area contributed by atoms with Gasteiger partial charge in [-0.05, 0) is 25.0 Å². The molecule has 1 aliphatic carbocycles. The van der Waals surface area contributed by atoms with E-state index in [1.165, 1.54) is 5.38 Å². The number of nitrogens with two attached hydrogens (primary N) is 1. The fraction of sp³-hybridized carbons (Fsp3) is 0.357. The summed E-state index contributed by atoms with van der Waals surface area (Å²) in [5.41, 5.74) is 0.517. The van der Waals surface area contributed by atoms with Crippen LogP contribution < -0.4 is 10.0 Å². The Morgan fingerprint density at radius 3 is 2.26 bits per heavy atom. The Labute approximate surface area is 135 Å². The number of hydrogen-bond acceptors (Lipinski definition) is 4. The van der Waals surface area contributed by atoms with Crippen molar-refractivity contribution in [1.82, 2.24) is 4.57 Å². The second-order valence-corrected chi connectivity index (χ2v) is 7.83. The Hall–Kier alpha value is -1.58. The summed E-state index contributed by atoms with van der Waals surface area (Å²) >= 11 is 0.954. The molecule has 1 fully saturated rings. The third-order valence-electron chi connectivity index (χ3n) is 4.00. The summed E-state index contributed by atoms with van der Waals surface area (Å²) in [4.78, 5) is 10.7. The lowest BCUT2D eigenvalue weighted by Gasteiger charge is -2.15. The molecule has 1 aromatic carbocycles. The van der Waals surface area contributed by atoms with E-state index in [2.05, 4.69) is 0 Å². The lowest BCUT2D eigenvalue weighted by molar-refractivity contribution is 0.511. The molecule has 9 heteroatoms. The Balaban J connectivity index is 2.16. The van der Waals surface area contributed by atoms with Gasteiger partial charge in [0.15, 0.2) is 4.90 Å². The maximum atomic E-state index is 14.0. The van der Waals surface area contributed by atoms with Gasteiger partial charge in [0.05, 0.1) is 5.69 Å². The second-order valence-electron chi connectivity index (χ2n) is 5.51. The summed E-state index contributed by atoms with van der Waals surface area (Å²) in [6, 6.07) is 1.80. The highest BCUT2D eigenvalue weighted by atomic mass is 32.2. The van der Waals surface area contributed by atoms with Gasteiger partial charge in [-0.1, -0.05) is 24.2 Å².